The molecular weight excluding hydrogens is 248 g/mol. The molecule has 2 atom stereocenters. The van der Waals surface area contributed by atoms with E-state index in [2.05, 4.69) is 64.1 Å². The van der Waals surface area contributed by atoms with Crippen LogP contribution in [0.4, 0.5) is 0 Å². The number of aromatic nitrogens is 2. The molecule has 0 radical (unpaired) electrons. The summed E-state index contributed by atoms with van der Waals surface area (Å²) >= 11 is 0. The summed E-state index contributed by atoms with van der Waals surface area (Å²) in [5, 5.41) is 3.42. The van der Waals surface area contributed by atoms with Gasteiger partial charge in [-0.3, -0.25) is 4.90 Å². The Labute approximate surface area is 121 Å². The van der Waals surface area contributed by atoms with Crippen molar-refractivity contribution in [2.75, 3.05) is 14.1 Å². The molecule has 1 N–H and O–H groups in total. The van der Waals surface area contributed by atoms with Crippen LogP contribution in [0.25, 0.3) is 0 Å². The van der Waals surface area contributed by atoms with Crippen LogP contribution in [0.3, 0.4) is 0 Å². The number of aryl methyl sites for hydroxylation is 1. The third kappa shape index (κ3) is 3.26. The zero-order valence-electron chi connectivity index (χ0n) is 12.7. The third-order valence-electron chi connectivity index (χ3n) is 3.96. The number of hydrogen-bond acceptors (Lipinski definition) is 3. The molecule has 1 aromatic carbocycles. The maximum atomic E-state index is 4.40. The van der Waals surface area contributed by atoms with E-state index in [4.69, 9.17) is 0 Å². The second kappa shape index (κ2) is 6.68. The Kier molecular flexibility index (Phi) is 4.93. The number of rotatable bonds is 6. The summed E-state index contributed by atoms with van der Waals surface area (Å²) < 4.78 is 2.07. The molecule has 0 aliphatic rings. The van der Waals surface area contributed by atoms with E-state index in [0.29, 0.717) is 12.1 Å². The smallest absolute Gasteiger partial charge is 0.122 e. The molecule has 108 valence electrons. The molecule has 2 unspecified atom stereocenters. The molecular formula is C16H24N4. The van der Waals surface area contributed by atoms with Gasteiger partial charge in [-0.1, -0.05) is 30.3 Å². The molecule has 0 amide bonds. The number of nitrogens with one attached hydrogen (secondary N) is 1. The van der Waals surface area contributed by atoms with Crippen LogP contribution in [0, 0.1) is 0 Å². The highest BCUT2D eigenvalue weighted by atomic mass is 15.2. The molecule has 1 heterocycles. The minimum atomic E-state index is 0.307. The maximum Gasteiger partial charge on any atom is 0.122 e. The topological polar surface area (TPSA) is 33.1 Å². The van der Waals surface area contributed by atoms with Gasteiger partial charge in [-0.05, 0) is 26.6 Å². The van der Waals surface area contributed by atoms with Crippen LogP contribution in [0.5, 0.6) is 0 Å². The Morgan fingerprint density at radius 1 is 1.30 bits per heavy atom. The molecule has 1 aromatic heterocycles. The number of imidazole rings is 1. The summed E-state index contributed by atoms with van der Waals surface area (Å²) in [6, 6.07) is 11.3. The van der Waals surface area contributed by atoms with Crippen LogP contribution in [0.2, 0.25) is 0 Å². The van der Waals surface area contributed by atoms with Crippen molar-refractivity contribution in [3.05, 3.63) is 54.1 Å². The van der Waals surface area contributed by atoms with Crippen molar-refractivity contribution in [1.82, 2.24) is 19.8 Å². The summed E-state index contributed by atoms with van der Waals surface area (Å²) in [5.41, 5.74) is 1.31. The molecule has 0 aliphatic heterocycles. The van der Waals surface area contributed by atoms with Gasteiger partial charge in [-0.25, -0.2) is 4.98 Å². The second-order valence-corrected chi connectivity index (χ2v) is 5.29. The normalized spacial score (nSPS) is 14.4. The van der Waals surface area contributed by atoms with E-state index in [1.807, 2.05) is 26.5 Å². The van der Waals surface area contributed by atoms with E-state index in [1.165, 1.54) is 5.56 Å². The molecule has 4 heteroatoms. The highest BCUT2D eigenvalue weighted by Crippen LogP contribution is 2.20. The fraction of sp³-hybridized carbons (Fsp3) is 0.438. The molecule has 2 aromatic rings. The van der Waals surface area contributed by atoms with E-state index in [0.717, 1.165) is 12.4 Å². The van der Waals surface area contributed by atoms with Crippen LogP contribution in [-0.4, -0.2) is 34.6 Å². The number of benzene rings is 1. The molecule has 0 saturated carbocycles. The van der Waals surface area contributed by atoms with Crippen LogP contribution >= 0.6 is 0 Å². The molecule has 0 bridgehead atoms. The van der Waals surface area contributed by atoms with Gasteiger partial charge in [0.1, 0.15) is 5.82 Å². The lowest BCUT2D eigenvalue weighted by molar-refractivity contribution is 0.198. The second-order valence-electron chi connectivity index (χ2n) is 5.29. The van der Waals surface area contributed by atoms with Crippen LogP contribution in [-0.2, 0) is 13.6 Å². The van der Waals surface area contributed by atoms with Crippen molar-refractivity contribution >= 4 is 0 Å². The van der Waals surface area contributed by atoms with Gasteiger partial charge in [0.25, 0.3) is 0 Å². The van der Waals surface area contributed by atoms with Gasteiger partial charge in [-0.15, -0.1) is 0 Å². The highest BCUT2D eigenvalue weighted by Gasteiger charge is 2.21. The Morgan fingerprint density at radius 3 is 2.55 bits per heavy atom. The minimum Gasteiger partial charge on any atom is -0.337 e. The average Bonchev–Trinajstić information content (AvgIpc) is 2.86. The van der Waals surface area contributed by atoms with Crippen LogP contribution in [0.15, 0.2) is 42.7 Å². The standard InChI is InChI=1S/C16H24N4/c1-13(16(17-2)14-8-6-5-7-9-14)20(4)12-15-18-10-11-19(15)3/h5-11,13,16-17H,12H2,1-4H3. The lowest BCUT2D eigenvalue weighted by atomic mass is 10.00. The number of likely N-dealkylation sites (N-methyl/N-ethyl adjacent to an activating group) is 2. The van der Waals surface area contributed by atoms with E-state index < -0.39 is 0 Å². The summed E-state index contributed by atoms with van der Waals surface area (Å²) in [6.45, 7) is 3.09. The summed E-state index contributed by atoms with van der Waals surface area (Å²) in [4.78, 5) is 6.73. The molecule has 0 saturated heterocycles. The van der Waals surface area contributed by atoms with Gasteiger partial charge in [0.15, 0.2) is 0 Å². The van der Waals surface area contributed by atoms with Crippen molar-refractivity contribution < 1.29 is 0 Å². The molecule has 20 heavy (non-hydrogen) atoms. The van der Waals surface area contributed by atoms with Crippen molar-refractivity contribution in [3.8, 4) is 0 Å². The number of nitrogens with zero attached hydrogens (tertiary/aromatic N) is 3. The summed E-state index contributed by atoms with van der Waals surface area (Å²) in [7, 11) is 6.20. The quantitative estimate of drug-likeness (QED) is 0.875. The van der Waals surface area contributed by atoms with E-state index >= 15 is 0 Å². The Hall–Kier alpha value is -1.65. The largest absolute Gasteiger partial charge is 0.337 e. The van der Waals surface area contributed by atoms with Gasteiger partial charge < -0.3 is 9.88 Å². The first-order chi connectivity index (χ1) is 9.63. The summed E-state index contributed by atoms with van der Waals surface area (Å²) in [5.74, 6) is 1.09. The fourth-order valence-corrected chi connectivity index (χ4v) is 2.52. The van der Waals surface area contributed by atoms with Gasteiger partial charge in [0, 0.05) is 31.5 Å². The van der Waals surface area contributed by atoms with Crippen LogP contribution in [0.1, 0.15) is 24.4 Å². The molecule has 0 spiro atoms. The third-order valence-corrected chi connectivity index (χ3v) is 3.96. The first-order valence-electron chi connectivity index (χ1n) is 7.02. The van der Waals surface area contributed by atoms with Gasteiger partial charge in [0.2, 0.25) is 0 Å². The predicted molar refractivity (Wildman–Crippen MR) is 82.4 cm³/mol. The Bertz CT molecular complexity index is 520. The zero-order valence-corrected chi connectivity index (χ0v) is 12.7. The predicted octanol–water partition coefficient (Wildman–Crippen LogP) is 2.20. The molecule has 0 fully saturated rings. The van der Waals surface area contributed by atoms with E-state index in [1.54, 1.807) is 0 Å². The van der Waals surface area contributed by atoms with Crippen LogP contribution < -0.4 is 5.32 Å². The van der Waals surface area contributed by atoms with Gasteiger partial charge in [-0.2, -0.15) is 0 Å². The Balaban J connectivity index is 2.08. The molecule has 4 nitrogen and oxygen atoms in total. The fourth-order valence-electron chi connectivity index (χ4n) is 2.52. The average molecular weight is 272 g/mol. The van der Waals surface area contributed by atoms with Crippen molar-refractivity contribution in [3.63, 3.8) is 0 Å². The van der Waals surface area contributed by atoms with E-state index in [9.17, 15) is 0 Å². The minimum absolute atomic E-state index is 0.307. The zero-order chi connectivity index (χ0) is 14.5. The van der Waals surface area contributed by atoms with Crippen molar-refractivity contribution in [2.24, 2.45) is 7.05 Å². The monoisotopic (exact) mass is 272 g/mol. The van der Waals surface area contributed by atoms with Crippen molar-refractivity contribution in [1.29, 1.82) is 0 Å². The first-order valence-corrected chi connectivity index (χ1v) is 7.02. The van der Waals surface area contributed by atoms with Crippen molar-refractivity contribution in [2.45, 2.75) is 25.6 Å². The lowest BCUT2D eigenvalue weighted by Crippen LogP contribution is -2.39. The van der Waals surface area contributed by atoms with Gasteiger partial charge in [0.05, 0.1) is 6.54 Å². The summed E-state index contributed by atoms with van der Waals surface area (Å²) in [6.07, 6.45) is 3.83. The Morgan fingerprint density at radius 2 is 2.00 bits per heavy atom. The molecule has 0 aliphatic carbocycles. The SMILES string of the molecule is CNC(c1ccccc1)C(C)N(C)Cc1nccn1C. The first kappa shape index (κ1) is 14.8. The highest BCUT2D eigenvalue weighted by molar-refractivity contribution is 5.20. The van der Waals surface area contributed by atoms with E-state index in [-0.39, 0.29) is 0 Å². The maximum absolute atomic E-state index is 4.40. The molecule has 2 rings (SSSR count). The lowest BCUT2D eigenvalue weighted by Gasteiger charge is -2.32. The van der Waals surface area contributed by atoms with Gasteiger partial charge >= 0.3 is 0 Å². The number of hydrogen-bond donors (Lipinski definition) is 1.